The molecule has 0 fully saturated rings. The molecular formula is C24H58N2O2. The number of hydrogen-bond acceptors (Lipinski definition) is 2. The highest BCUT2D eigenvalue weighted by atomic mass is 16.0. The summed E-state index contributed by atoms with van der Waals surface area (Å²) in [6.45, 7) is 29.2. The zero-order chi connectivity index (χ0) is 20.3. The van der Waals surface area contributed by atoms with Crippen LogP contribution in [0.2, 0.25) is 0 Å². The molecule has 0 rings (SSSR count). The van der Waals surface area contributed by atoms with E-state index in [2.05, 4.69) is 55.4 Å². The maximum absolute atomic E-state index is 2.33. The van der Waals surface area contributed by atoms with Gasteiger partial charge in [0, 0.05) is 0 Å². The molecular weight excluding hydrogens is 348 g/mol. The largest absolute Gasteiger partial charge is 0.870 e. The Labute approximate surface area is 179 Å². The van der Waals surface area contributed by atoms with E-state index in [1.54, 1.807) is 0 Å². The van der Waals surface area contributed by atoms with Crippen LogP contribution < -0.4 is 0 Å². The lowest BCUT2D eigenvalue weighted by molar-refractivity contribution is -0.929. The van der Waals surface area contributed by atoms with Gasteiger partial charge in [-0.15, -0.1) is 0 Å². The molecule has 0 aromatic carbocycles. The summed E-state index contributed by atoms with van der Waals surface area (Å²) in [4.78, 5) is 0. The first kappa shape index (κ1) is 35.3. The van der Waals surface area contributed by atoms with Crippen molar-refractivity contribution in [2.75, 3.05) is 52.4 Å². The predicted octanol–water partition coefficient (Wildman–Crippen LogP) is 6.53. The summed E-state index contributed by atoms with van der Waals surface area (Å²) in [6, 6.07) is 0. The van der Waals surface area contributed by atoms with E-state index in [0.717, 1.165) is 0 Å². The van der Waals surface area contributed by atoms with Gasteiger partial charge in [0.1, 0.15) is 0 Å². The van der Waals surface area contributed by atoms with Gasteiger partial charge in [-0.05, 0) is 53.4 Å². The van der Waals surface area contributed by atoms with Crippen molar-refractivity contribution in [3.63, 3.8) is 0 Å². The molecule has 0 aromatic rings. The monoisotopic (exact) mass is 406 g/mol. The fraction of sp³-hybridized carbons (Fsp3) is 1.00. The summed E-state index contributed by atoms with van der Waals surface area (Å²) in [6.07, 6.45) is 11.1. The van der Waals surface area contributed by atoms with E-state index < -0.39 is 0 Å². The SMILES string of the molecule is CCCC[N+](CCCC)(CCCC)CCCC.CC[N+](CC)(CC)CC.[OH-].[OH-]. The maximum Gasteiger partial charge on any atom is 0.0786 e. The first-order valence-electron chi connectivity index (χ1n) is 12.2. The molecule has 0 bridgehead atoms. The standard InChI is InChI=1S/C16H36N.C8H20N.2H2O/c1-5-9-13-17(14-10-6-2,15-11-7-3)16-12-8-4;1-5-9(6-2,7-3)8-4;;/h5-16H2,1-4H3;5-8H2,1-4H3;2*1H2/q2*+1;;/p-2. The molecule has 28 heavy (non-hydrogen) atoms. The smallest absolute Gasteiger partial charge is 0.0786 e. The van der Waals surface area contributed by atoms with E-state index in [9.17, 15) is 0 Å². The first-order valence-corrected chi connectivity index (χ1v) is 12.2. The van der Waals surface area contributed by atoms with Crippen molar-refractivity contribution < 1.29 is 19.9 Å². The quantitative estimate of drug-likeness (QED) is 0.273. The van der Waals surface area contributed by atoms with Gasteiger partial charge in [0.05, 0.1) is 52.4 Å². The van der Waals surface area contributed by atoms with E-state index >= 15 is 0 Å². The summed E-state index contributed by atoms with van der Waals surface area (Å²) in [5.74, 6) is 0. The summed E-state index contributed by atoms with van der Waals surface area (Å²) < 4.78 is 2.70. The predicted molar refractivity (Wildman–Crippen MR) is 126 cm³/mol. The Hall–Kier alpha value is -0.160. The summed E-state index contributed by atoms with van der Waals surface area (Å²) in [7, 11) is 0. The number of rotatable bonds is 16. The lowest BCUT2D eigenvalue weighted by atomic mass is 10.1. The number of nitrogens with zero attached hydrogens (tertiary/aromatic N) is 2. The molecule has 0 aliphatic heterocycles. The Morgan fingerprint density at radius 2 is 0.571 bits per heavy atom. The van der Waals surface area contributed by atoms with Crippen LogP contribution in [0.3, 0.4) is 0 Å². The molecule has 0 aromatic heterocycles. The molecule has 0 saturated heterocycles. The van der Waals surface area contributed by atoms with Gasteiger partial charge in [0.25, 0.3) is 0 Å². The van der Waals surface area contributed by atoms with Crippen molar-refractivity contribution in [2.24, 2.45) is 0 Å². The third-order valence-electron chi connectivity index (χ3n) is 6.63. The highest BCUT2D eigenvalue weighted by molar-refractivity contribution is 4.49. The van der Waals surface area contributed by atoms with Crippen molar-refractivity contribution in [2.45, 2.75) is 107 Å². The third-order valence-corrected chi connectivity index (χ3v) is 6.63. The van der Waals surface area contributed by atoms with Crippen LogP contribution in [0.15, 0.2) is 0 Å². The molecule has 0 saturated carbocycles. The molecule has 0 amide bonds. The molecule has 0 unspecified atom stereocenters. The van der Waals surface area contributed by atoms with Crippen LogP contribution in [-0.2, 0) is 0 Å². The molecule has 2 N–H and O–H groups in total. The van der Waals surface area contributed by atoms with Gasteiger partial charge in [-0.25, -0.2) is 0 Å². The second-order valence-electron chi connectivity index (χ2n) is 8.26. The molecule has 0 heterocycles. The first-order chi connectivity index (χ1) is 12.5. The highest BCUT2D eigenvalue weighted by Crippen LogP contribution is 2.16. The Bertz CT molecular complexity index is 227. The van der Waals surface area contributed by atoms with Gasteiger partial charge in [-0.2, -0.15) is 0 Å². The van der Waals surface area contributed by atoms with Crippen molar-refractivity contribution in [3.05, 3.63) is 0 Å². The fourth-order valence-electron chi connectivity index (χ4n) is 3.99. The average molecular weight is 407 g/mol. The van der Waals surface area contributed by atoms with Crippen molar-refractivity contribution in [1.82, 2.24) is 0 Å². The van der Waals surface area contributed by atoms with Crippen LogP contribution in [0.5, 0.6) is 0 Å². The van der Waals surface area contributed by atoms with Gasteiger partial charge in [0.2, 0.25) is 0 Å². The van der Waals surface area contributed by atoms with Crippen LogP contribution in [-0.4, -0.2) is 72.3 Å². The topological polar surface area (TPSA) is 60.0 Å². The number of quaternary nitrogens is 2. The molecule has 0 atom stereocenters. The fourth-order valence-corrected chi connectivity index (χ4v) is 3.99. The van der Waals surface area contributed by atoms with E-state index in [1.165, 1.54) is 113 Å². The molecule has 176 valence electrons. The van der Waals surface area contributed by atoms with Crippen LogP contribution >= 0.6 is 0 Å². The Morgan fingerprint density at radius 3 is 0.679 bits per heavy atom. The zero-order valence-corrected chi connectivity index (χ0v) is 21.1. The van der Waals surface area contributed by atoms with E-state index in [1.807, 2.05) is 0 Å². The van der Waals surface area contributed by atoms with Gasteiger partial charge in [-0.3, -0.25) is 0 Å². The molecule has 4 heteroatoms. The Kier molecular flexibility index (Phi) is 29.1. The highest BCUT2D eigenvalue weighted by Gasteiger charge is 2.24. The van der Waals surface area contributed by atoms with Gasteiger partial charge in [0.15, 0.2) is 0 Å². The molecule has 0 radical (unpaired) electrons. The van der Waals surface area contributed by atoms with Gasteiger partial charge in [-0.1, -0.05) is 53.4 Å². The van der Waals surface area contributed by atoms with Crippen LogP contribution in [0.25, 0.3) is 0 Å². The zero-order valence-electron chi connectivity index (χ0n) is 21.1. The van der Waals surface area contributed by atoms with E-state index in [-0.39, 0.29) is 11.0 Å². The lowest BCUT2D eigenvalue weighted by Crippen LogP contribution is -2.50. The maximum atomic E-state index is 2.33. The molecule has 0 aliphatic carbocycles. The summed E-state index contributed by atoms with van der Waals surface area (Å²) in [5, 5.41) is 0. The second kappa shape index (κ2) is 23.1. The number of unbranched alkanes of at least 4 members (excludes halogenated alkanes) is 4. The Morgan fingerprint density at radius 1 is 0.357 bits per heavy atom. The van der Waals surface area contributed by atoms with Crippen molar-refractivity contribution in [3.8, 4) is 0 Å². The normalized spacial score (nSPS) is 11.1. The van der Waals surface area contributed by atoms with Crippen molar-refractivity contribution >= 4 is 0 Å². The minimum Gasteiger partial charge on any atom is -0.870 e. The molecule has 0 spiro atoms. The third kappa shape index (κ3) is 15.7. The van der Waals surface area contributed by atoms with Crippen LogP contribution in [0.1, 0.15) is 107 Å². The van der Waals surface area contributed by atoms with Crippen molar-refractivity contribution in [1.29, 1.82) is 0 Å². The second-order valence-corrected chi connectivity index (χ2v) is 8.26. The summed E-state index contributed by atoms with van der Waals surface area (Å²) >= 11 is 0. The molecule has 0 aliphatic rings. The minimum absolute atomic E-state index is 0. The van der Waals surface area contributed by atoms with Gasteiger partial charge >= 0.3 is 0 Å². The van der Waals surface area contributed by atoms with E-state index in [0.29, 0.717) is 0 Å². The number of hydrogen-bond donors (Lipinski definition) is 0. The Balaban J connectivity index is -0.000000225. The molecule has 4 nitrogen and oxygen atoms in total. The average Bonchev–Trinajstić information content (AvgIpc) is 2.69. The van der Waals surface area contributed by atoms with Crippen LogP contribution in [0.4, 0.5) is 0 Å². The lowest BCUT2D eigenvalue weighted by Gasteiger charge is -2.39. The van der Waals surface area contributed by atoms with Gasteiger partial charge < -0.3 is 19.9 Å². The minimum atomic E-state index is 0. The summed E-state index contributed by atoms with van der Waals surface area (Å²) in [5.41, 5.74) is 0. The van der Waals surface area contributed by atoms with Crippen LogP contribution in [0, 0.1) is 0 Å². The van der Waals surface area contributed by atoms with E-state index in [4.69, 9.17) is 0 Å².